The molecule has 1 aromatic carbocycles. The van der Waals surface area contributed by atoms with E-state index in [9.17, 15) is 4.79 Å². The van der Waals surface area contributed by atoms with Crippen LogP contribution >= 0.6 is 0 Å². The van der Waals surface area contributed by atoms with Crippen molar-refractivity contribution >= 4 is 5.91 Å². The summed E-state index contributed by atoms with van der Waals surface area (Å²) >= 11 is 0. The number of hydrogen-bond acceptors (Lipinski definition) is 3. The summed E-state index contributed by atoms with van der Waals surface area (Å²) in [5, 5.41) is 3.22. The van der Waals surface area contributed by atoms with Gasteiger partial charge in [-0.25, -0.2) is 5.48 Å². The first-order valence-electron chi connectivity index (χ1n) is 6.38. The van der Waals surface area contributed by atoms with E-state index in [4.69, 9.17) is 4.84 Å². The summed E-state index contributed by atoms with van der Waals surface area (Å²) in [6.45, 7) is 5.36. The van der Waals surface area contributed by atoms with Crippen LogP contribution in [0.5, 0.6) is 0 Å². The van der Waals surface area contributed by atoms with Crippen molar-refractivity contribution in [2.45, 2.75) is 32.9 Å². The molecule has 98 valence electrons. The van der Waals surface area contributed by atoms with Crippen molar-refractivity contribution in [3.05, 3.63) is 35.4 Å². The maximum Gasteiger partial charge on any atom is 0.261 e. The highest BCUT2D eigenvalue weighted by atomic mass is 16.7. The third-order valence-electron chi connectivity index (χ3n) is 2.99. The number of nitrogens with one attached hydrogen (secondary N) is 2. The fourth-order valence-electron chi connectivity index (χ4n) is 1.99. The van der Waals surface area contributed by atoms with Crippen LogP contribution in [0.25, 0.3) is 0 Å². The lowest BCUT2D eigenvalue weighted by Gasteiger charge is -2.25. The van der Waals surface area contributed by atoms with Crippen LogP contribution in [0.15, 0.2) is 24.3 Å². The van der Waals surface area contributed by atoms with Crippen molar-refractivity contribution < 1.29 is 9.63 Å². The molecule has 0 aromatic heterocycles. The molecule has 4 heteroatoms. The van der Waals surface area contributed by atoms with Crippen molar-refractivity contribution in [1.29, 1.82) is 0 Å². The number of amides is 1. The fraction of sp³-hybridized carbons (Fsp3) is 0.500. The van der Waals surface area contributed by atoms with Crippen LogP contribution in [-0.2, 0) is 22.6 Å². The van der Waals surface area contributed by atoms with E-state index in [2.05, 4.69) is 22.9 Å². The molecule has 2 rings (SSSR count). The Morgan fingerprint density at radius 1 is 1.44 bits per heavy atom. The first-order valence-corrected chi connectivity index (χ1v) is 6.38. The number of hydrogen-bond donors (Lipinski definition) is 2. The summed E-state index contributed by atoms with van der Waals surface area (Å²) in [5.41, 5.74) is 5.02. The zero-order chi connectivity index (χ0) is 13.0. The Labute approximate surface area is 108 Å². The van der Waals surface area contributed by atoms with Gasteiger partial charge in [0.25, 0.3) is 5.91 Å². The smallest absolute Gasteiger partial charge is 0.261 e. The van der Waals surface area contributed by atoms with Crippen molar-refractivity contribution in [1.82, 2.24) is 10.8 Å². The van der Waals surface area contributed by atoms with Crippen LogP contribution in [0.2, 0.25) is 0 Å². The molecule has 1 aliphatic rings. The molecule has 0 aliphatic carbocycles. The summed E-state index contributed by atoms with van der Waals surface area (Å²) in [6.07, 6.45) is 0.715. The maximum absolute atomic E-state index is 11.9. The average Bonchev–Trinajstić information content (AvgIpc) is 2.37. The van der Waals surface area contributed by atoms with E-state index in [1.165, 1.54) is 11.1 Å². The van der Waals surface area contributed by atoms with Crippen molar-refractivity contribution in [3.63, 3.8) is 0 Å². The molecule has 2 N–H and O–H groups in total. The highest BCUT2D eigenvalue weighted by Crippen LogP contribution is 2.16. The molecule has 1 heterocycles. The molecule has 0 bridgehead atoms. The predicted octanol–water partition coefficient (Wildman–Crippen LogP) is 1.40. The topological polar surface area (TPSA) is 50.4 Å². The lowest BCUT2D eigenvalue weighted by atomic mass is 9.96. The highest BCUT2D eigenvalue weighted by Gasteiger charge is 2.23. The Kier molecular flexibility index (Phi) is 4.33. The van der Waals surface area contributed by atoms with Crippen LogP contribution in [-0.4, -0.2) is 18.6 Å². The van der Waals surface area contributed by atoms with Crippen LogP contribution in [0.4, 0.5) is 0 Å². The molecule has 0 saturated heterocycles. The fourth-order valence-corrected chi connectivity index (χ4v) is 1.99. The molecule has 18 heavy (non-hydrogen) atoms. The third-order valence-corrected chi connectivity index (χ3v) is 2.99. The van der Waals surface area contributed by atoms with Gasteiger partial charge in [-0.3, -0.25) is 9.63 Å². The van der Waals surface area contributed by atoms with E-state index in [1.807, 2.05) is 26.0 Å². The van der Waals surface area contributed by atoms with Gasteiger partial charge in [-0.1, -0.05) is 38.1 Å². The molecule has 0 fully saturated rings. The number of carbonyl (C=O) groups excluding carboxylic acids is 1. The number of fused-ring (bicyclic) bond motifs is 1. The molecule has 4 nitrogen and oxygen atoms in total. The second-order valence-electron chi connectivity index (χ2n) is 5.08. The van der Waals surface area contributed by atoms with E-state index in [0.29, 0.717) is 18.9 Å². The van der Waals surface area contributed by atoms with Gasteiger partial charge in [-0.2, -0.15) is 0 Å². The zero-order valence-corrected chi connectivity index (χ0v) is 10.9. The van der Waals surface area contributed by atoms with Gasteiger partial charge in [0.15, 0.2) is 0 Å². The van der Waals surface area contributed by atoms with Crippen LogP contribution in [0, 0.1) is 5.92 Å². The highest BCUT2D eigenvalue weighted by molar-refractivity contribution is 5.81. The van der Waals surface area contributed by atoms with Gasteiger partial charge in [0.1, 0.15) is 0 Å². The van der Waals surface area contributed by atoms with E-state index in [0.717, 1.165) is 6.54 Å². The van der Waals surface area contributed by atoms with Crippen molar-refractivity contribution in [3.8, 4) is 0 Å². The van der Waals surface area contributed by atoms with Gasteiger partial charge in [-0.15, -0.1) is 0 Å². The van der Waals surface area contributed by atoms with Gasteiger partial charge in [0, 0.05) is 6.54 Å². The second kappa shape index (κ2) is 5.98. The summed E-state index contributed by atoms with van der Waals surface area (Å²) in [4.78, 5) is 17.0. The van der Waals surface area contributed by atoms with Gasteiger partial charge < -0.3 is 5.32 Å². The molecule has 0 unspecified atom stereocenters. The number of carbonyl (C=O) groups is 1. The normalized spacial score (nSPS) is 18.5. The Hall–Kier alpha value is -1.39. The molecule has 0 radical (unpaired) electrons. The minimum atomic E-state index is -0.202. The summed E-state index contributed by atoms with van der Waals surface area (Å²) in [6, 6.07) is 7.99. The molecule has 1 aromatic rings. The van der Waals surface area contributed by atoms with E-state index in [1.54, 1.807) is 0 Å². The minimum absolute atomic E-state index is 0.0925. The molecular weight excluding hydrogens is 228 g/mol. The SMILES string of the molecule is CC(C)CONC(=O)[C@H]1Cc2ccccc2CN1. The van der Waals surface area contributed by atoms with Gasteiger partial charge in [0.05, 0.1) is 12.6 Å². The molecule has 1 amide bonds. The Bertz CT molecular complexity index is 418. The molecule has 1 aliphatic heterocycles. The quantitative estimate of drug-likeness (QED) is 0.792. The summed E-state index contributed by atoms with van der Waals surface area (Å²) in [7, 11) is 0. The first kappa shape index (κ1) is 13.1. The van der Waals surface area contributed by atoms with Crippen molar-refractivity contribution in [2.24, 2.45) is 5.92 Å². The standard InChI is InChI=1S/C14H20N2O2/c1-10(2)9-18-16-14(17)13-7-11-5-3-4-6-12(11)8-15-13/h3-6,10,13,15H,7-9H2,1-2H3,(H,16,17)/t13-/m1/s1. The Morgan fingerprint density at radius 2 is 2.17 bits per heavy atom. The lowest BCUT2D eigenvalue weighted by Crippen LogP contribution is -2.47. The van der Waals surface area contributed by atoms with Crippen LogP contribution in [0.3, 0.4) is 0 Å². The first-order chi connectivity index (χ1) is 8.66. The summed E-state index contributed by atoms with van der Waals surface area (Å²) in [5.74, 6) is 0.315. The zero-order valence-electron chi connectivity index (χ0n) is 10.9. The number of hydroxylamine groups is 1. The van der Waals surface area contributed by atoms with Crippen LogP contribution in [0.1, 0.15) is 25.0 Å². The molecule has 0 saturated carbocycles. The summed E-state index contributed by atoms with van der Waals surface area (Å²) < 4.78 is 0. The maximum atomic E-state index is 11.9. The predicted molar refractivity (Wildman–Crippen MR) is 69.7 cm³/mol. The number of rotatable bonds is 4. The Balaban J connectivity index is 1.87. The van der Waals surface area contributed by atoms with Gasteiger partial charge in [0.2, 0.25) is 0 Å². The molecule has 1 atom stereocenters. The van der Waals surface area contributed by atoms with Crippen molar-refractivity contribution in [2.75, 3.05) is 6.61 Å². The lowest BCUT2D eigenvalue weighted by molar-refractivity contribution is -0.136. The van der Waals surface area contributed by atoms with Crippen LogP contribution < -0.4 is 10.8 Å². The van der Waals surface area contributed by atoms with E-state index in [-0.39, 0.29) is 11.9 Å². The molecule has 0 spiro atoms. The minimum Gasteiger partial charge on any atom is -0.301 e. The van der Waals surface area contributed by atoms with Gasteiger partial charge >= 0.3 is 0 Å². The van der Waals surface area contributed by atoms with E-state index >= 15 is 0 Å². The third kappa shape index (κ3) is 3.31. The second-order valence-corrected chi connectivity index (χ2v) is 5.08. The van der Waals surface area contributed by atoms with Gasteiger partial charge in [-0.05, 0) is 23.5 Å². The largest absolute Gasteiger partial charge is 0.301 e. The van der Waals surface area contributed by atoms with E-state index < -0.39 is 0 Å². The Morgan fingerprint density at radius 3 is 2.89 bits per heavy atom. The monoisotopic (exact) mass is 248 g/mol. The average molecular weight is 248 g/mol. The molecular formula is C14H20N2O2. The number of benzene rings is 1.